The SMILES string of the molecule is CC(F)(c1ccccc1CN)C1CCC1. The molecule has 2 rings (SSSR count). The molecule has 15 heavy (non-hydrogen) atoms. The maximum Gasteiger partial charge on any atom is 0.136 e. The van der Waals surface area contributed by atoms with Crippen LogP contribution in [-0.2, 0) is 12.2 Å². The van der Waals surface area contributed by atoms with E-state index in [-0.39, 0.29) is 5.92 Å². The summed E-state index contributed by atoms with van der Waals surface area (Å²) in [5.74, 6) is 0.185. The maximum atomic E-state index is 14.7. The zero-order valence-electron chi connectivity index (χ0n) is 9.17. The Morgan fingerprint density at radius 3 is 2.60 bits per heavy atom. The lowest BCUT2D eigenvalue weighted by Crippen LogP contribution is -2.33. The van der Waals surface area contributed by atoms with Crippen molar-refractivity contribution < 1.29 is 4.39 Å². The van der Waals surface area contributed by atoms with E-state index in [4.69, 9.17) is 5.73 Å². The number of alkyl halides is 1. The van der Waals surface area contributed by atoms with E-state index in [1.165, 1.54) is 0 Å². The molecule has 2 N–H and O–H groups in total. The molecule has 0 bridgehead atoms. The fraction of sp³-hybridized carbons (Fsp3) is 0.538. The Morgan fingerprint density at radius 2 is 2.07 bits per heavy atom. The standard InChI is InChI=1S/C13H18FN/c1-13(14,11-6-4-7-11)12-8-3-2-5-10(12)9-15/h2-3,5,8,11H,4,6-7,9,15H2,1H3. The number of nitrogens with two attached hydrogens (primary N) is 1. The zero-order chi connectivity index (χ0) is 10.9. The van der Waals surface area contributed by atoms with Crippen LogP contribution in [-0.4, -0.2) is 0 Å². The number of hydrogen-bond donors (Lipinski definition) is 1. The van der Waals surface area contributed by atoms with Crippen molar-refractivity contribution in [1.29, 1.82) is 0 Å². The largest absolute Gasteiger partial charge is 0.326 e. The molecule has 1 aliphatic carbocycles. The second kappa shape index (κ2) is 3.93. The topological polar surface area (TPSA) is 26.0 Å². The quantitative estimate of drug-likeness (QED) is 0.809. The van der Waals surface area contributed by atoms with E-state index in [9.17, 15) is 4.39 Å². The molecule has 0 radical (unpaired) electrons. The average Bonchev–Trinajstić information content (AvgIpc) is 2.14. The molecule has 1 aromatic rings. The van der Waals surface area contributed by atoms with Gasteiger partial charge in [-0.15, -0.1) is 0 Å². The Labute approximate surface area is 90.5 Å². The number of rotatable bonds is 3. The monoisotopic (exact) mass is 207 g/mol. The summed E-state index contributed by atoms with van der Waals surface area (Å²) in [5, 5.41) is 0. The van der Waals surface area contributed by atoms with Crippen molar-refractivity contribution in [3.8, 4) is 0 Å². The normalized spacial score (nSPS) is 20.7. The summed E-state index contributed by atoms with van der Waals surface area (Å²) in [7, 11) is 0. The van der Waals surface area contributed by atoms with Gasteiger partial charge in [0.2, 0.25) is 0 Å². The highest BCUT2D eigenvalue weighted by Gasteiger charge is 2.40. The van der Waals surface area contributed by atoms with Gasteiger partial charge in [0.25, 0.3) is 0 Å². The molecule has 0 saturated heterocycles. The molecule has 1 nitrogen and oxygen atoms in total. The van der Waals surface area contributed by atoms with Crippen molar-refractivity contribution in [2.24, 2.45) is 11.7 Å². The summed E-state index contributed by atoms with van der Waals surface area (Å²) in [6, 6.07) is 7.61. The van der Waals surface area contributed by atoms with E-state index in [1.54, 1.807) is 6.92 Å². The van der Waals surface area contributed by atoms with Gasteiger partial charge >= 0.3 is 0 Å². The fourth-order valence-electron chi connectivity index (χ4n) is 2.35. The first-order chi connectivity index (χ1) is 7.16. The van der Waals surface area contributed by atoms with E-state index < -0.39 is 5.67 Å². The third kappa shape index (κ3) is 1.78. The van der Waals surface area contributed by atoms with Crippen molar-refractivity contribution in [2.75, 3.05) is 0 Å². The minimum atomic E-state index is -1.20. The molecule has 1 fully saturated rings. The van der Waals surface area contributed by atoms with Gasteiger partial charge in [0.05, 0.1) is 0 Å². The zero-order valence-corrected chi connectivity index (χ0v) is 9.17. The molecule has 2 heteroatoms. The van der Waals surface area contributed by atoms with Crippen LogP contribution in [0, 0.1) is 5.92 Å². The molecule has 1 aromatic carbocycles. The van der Waals surface area contributed by atoms with Crippen LogP contribution >= 0.6 is 0 Å². The predicted molar refractivity (Wildman–Crippen MR) is 60.1 cm³/mol. The predicted octanol–water partition coefficient (Wildman–Crippen LogP) is 3.13. The minimum Gasteiger partial charge on any atom is -0.326 e. The molecule has 1 atom stereocenters. The highest BCUT2D eigenvalue weighted by Crippen LogP contribution is 2.45. The molecule has 0 aliphatic heterocycles. The van der Waals surface area contributed by atoms with Gasteiger partial charge in [-0.25, -0.2) is 4.39 Å². The van der Waals surface area contributed by atoms with Crippen LogP contribution in [0.1, 0.15) is 37.3 Å². The molecule has 1 aliphatic rings. The van der Waals surface area contributed by atoms with Crippen LogP contribution in [0.15, 0.2) is 24.3 Å². The van der Waals surface area contributed by atoms with E-state index in [0.29, 0.717) is 6.54 Å². The molecule has 0 spiro atoms. The molecule has 82 valence electrons. The Bertz CT molecular complexity index is 342. The summed E-state index contributed by atoms with van der Waals surface area (Å²) in [6.07, 6.45) is 3.17. The summed E-state index contributed by atoms with van der Waals surface area (Å²) in [6.45, 7) is 2.12. The van der Waals surface area contributed by atoms with Gasteiger partial charge in [-0.2, -0.15) is 0 Å². The van der Waals surface area contributed by atoms with Crippen LogP contribution in [0.4, 0.5) is 4.39 Å². The summed E-state index contributed by atoms with van der Waals surface area (Å²) < 4.78 is 14.7. The van der Waals surface area contributed by atoms with E-state index in [0.717, 1.165) is 30.4 Å². The number of halogens is 1. The van der Waals surface area contributed by atoms with Gasteiger partial charge in [0.1, 0.15) is 5.67 Å². The second-order valence-corrected chi connectivity index (χ2v) is 4.56. The fourth-order valence-corrected chi connectivity index (χ4v) is 2.35. The van der Waals surface area contributed by atoms with Gasteiger partial charge < -0.3 is 5.73 Å². The molecular formula is C13H18FN. The molecule has 0 aromatic heterocycles. The highest BCUT2D eigenvalue weighted by molar-refractivity contribution is 5.33. The van der Waals surface area contributed by atoms with Crippen LogP contribution in [0.3, 0.4) is 0 Å². The molecule has 1 saturated carbocycles. The van der Waals surface area contributed by atoms with E-state index >= 15 is 0 Å². The first kappa shape index (κ1) is 10.6. The lowest BCUT2D eigenvalue weighted by Gasteiger charge is -2.38. The second-order valence-electron chi connectivity index (χ2n) is 4.56. The Balaban J connectivity index is 2.34. The van der Waals surface area contributed by atoms with Crippen LogP contribution in [0.2, 0.25) is 0 Å². The van der Waals surface area contributed by atoms with Crippen molar-refractivity contribution >= 4 is 0 Å². The van der Waals surface area contributed by atoms with Gasteiger partial charge in [-0.3, -0.25) is 0 Å². The molecule has 0 heterocycles. The van der Waals surface area contributed by atoms with Crippen LogP contribution in [0.25, 0.3) is 0 Å². The summed E-state index contributed by atoms with van der Waals surface area (Å²) >= 11 is 0. The molecule has 1 unspecified atom stereocenters. The van der Waals surface area contributed by atoms with E-state index in [2.05, 4.69) is 0 Å². The minimum absolute atomic E-state index is 0.185. The first-order valence-corrected chi connectivity index (χ1v) is 5.63. The highest BCUT2D eigenvalue weighted by atomic mass is 19.1. The maximum absolute atomic E-state index is 14.7. The average molecular weight is 207 g/mol. The molecular weight excluding hydrogens is 189 g/mol. The Hall–Kier alpha value is -0.890. The van der Waals surface area contributed by atoms with Crippen molar-refractivity contribution in [3.63, 3.8) is 0 Å². The Kier molecular flexibility index (Phi) is 2.79. The van der Waals surface area contributed by atoms with Gasteiger partial charge in [-0.1, -0.05) is 30.7 Å². The first-order valence-electron chi connectivity index (χ1n) is 5.63. The molecule has 0 amide bonds. The third-order valence-electron chi connectivity index (χ3n) is 3.64. The van der Waals surface area contributed by atoms with Crippen molar-refractivity contribution in [3.05, 3.63) is 35.4 Å². The number of hydrogen-bond acceptors (Lipinski definition) is 1. The van der Waals surface area contributed by atoms with Crippen LogP contribution < -0.4 is 5.73 Å². The lowest BCUT2D eigenvalue weighted by molar-refractivity contribution is 0.0455. The van der Waals surface area contributed by atoms with Crippen LogP contribution in [0.5, 0.6) is 0 Å². The summed E-state index contributed by atoms with van der Waals surface area (Å²) in [4.78, 5) is 0. The Morgan fingerprint density at radius 1 is 1.40 bits per heavy atom. The summed E-state index contributed by atoms with van der Waals surface area (Å²) in [5.41, 5.74) is 6.17. The lowest BCUT2D eigenvalue weighted by atomic mass is 9.71. The van der Waals surface area contributed by atoms with Gasteiger partial charge in [0.15, 0.2) is 0 Å². The van der Waals surface area contributed by atoms with Gasteiger partial charge in [0, 0.05) is 6.54 Å². The van der Waals surface area contributed by atoms with Crippen molar-refractivity contribution in [1.82, 2.24) is 0 Å². The number of benzene rings is 1. The van der Waals surface area contributed by atoms with Crippen molar-refractivity contribution in [2.45, 2.75) is 38.4 Å². The smallest absolute Gasteiger partial charge is 0.136 e. The van der Waals surface area contributed by atoms with Gasteiger partial charge in [-0.05, 0) is 36.8 Å². The van der Waals surface area contributed by atoms with E-state index in [1.807, 2.05) is 24.3 Å². The third-order valence-corrected chi connectivity index (χ3v) is 3.64.